The molecule has 7 nitrogen and oxygen atoms in total. The molecule has 0 aliphatic carbocycles. The second kappa shape index (κ2) is 8.28. The van der Waals surface area contributed by atoms with Gasteiger partial charge < -0.3 is 14.8 Å². The van der Waals surface area contributed by atoms with Crippen LogP contribution in [0.3, 0.4) is 0 Å². The molecule has 0 saturated heterocycles. The summed E-state index contributed by atoms with van der Waals surface area (Å²) in [6, 6.07) is 3.20. The van der Waals surface area contributed by atoms with Gasteiger partial charge in [0.05, 0.1) is 12.7 Å². The number of nitrogens with one attached hydrogen (secondary N) is 2. The van der Waals surface area contributed by atoms with Gasteiger partial charge in [-0.15, -0.1) is 0 Å². The maximum absolute atomic E-state index is 12.0. The molecule has 1 aromatic heterocycles. The number of hydrogen-bond acceptors (Lipinski definition) is 6. The second-order valence-corrected chi connectivity index (χ2v) is 5.91. The average Bonchev–Trinajstić information content (AvgIpc) is 2.44. The van der Waals surface area contributed by atoms with Gasteiger partial charge >= 0.3 is 0 Å². The summed E-state index contributed by atoms with van der Waals surface area (Å²) in [5, 5.41) is 2.96. The first-order valence-electron chi connectivity index (χ1n) is 6.14. The van der Waals surface area contributed by atoms with Crippen molar-refractivity contribution in [2.75, 3.05) is 34.4 Å². The molecular formula is C12H21N3O4S. The molecule has 0 fully saturated rings. The lowest BCUT2D eigenvalue weighted by atomic mass is 10.3. The van der Waals surface area contributed by atoms with Crippen LogP contribution in [0.15, 0.2) is 23.4 Å². The summed E-state index contributed by atoms with van der Waals surface area (Å²) in [5.41, 5.74) is 0.917. The molecule has 0 aliphatic rings. The Bertz CT molecular complexity index is 490. The highest BCUT2D eigenvalue weighted by atomic mass is 32.2. The highest BCUT2D eigenvalue weighted by molar-refractivity contribution is 7.89. The van der Waals surface area contributed by atoms with E-state index in [-0.39, 0.29) is 17.7 Å². The van der Waals surface area contributed by atoms with Crippen molar-refractivity contribution in [2.24, 2.45) is 0 Å². The lowest BCUT2D eigenvalue weighted by Crippen LogP contribution is -2.35. The zero-order valence-electron chi connectivity index (χ0n) is 11.9. The predicted molar refractivity (Wildman–Crippen MR) is 74.9 cm³/mol. The Labute approximate surface area is 119 Å². The SMILES string of the molecule is CNCc1ccc(S(=O)(=O)NCC(COC)OC)nc1. The molecule has 0 saturated carbocycles. The molecule has 1 rings (SSSR count). The second-order valence-electron chi connectivity index (χ2n) is 4.20. The summed E-state index contributed by atoms with van der Waals surface area (Å²) >= 11 is 0. The van der Waals surface area contributed by atoms with E-state index in [0.29, 0.717) is 13.2 Å². The molecule has 2 N–H and O–H groups in total. The molecule has 0 amide bonds. The van der Waals surface area contributed by atoms with Crippen LogP contribution < -0.4 is 10.0 Å². The van der Waals surface area contributed by atoms with Gasteiger partial charge in [-0.1, -0.05) is 6.07 Å². The topological polar surface area (TPSA) is 89.6 Å². The van der Waals surface area contributed by atoms with Crippen molar-refractivity contribution >= 4 is 10.0 Å². The molecule has 0 spiro atoms. The molecule has 1 atom stereocenters. The van der Waals surface area contributed by atoms with Gasteiger partial charge in [0.2, 0.25) is 0 Å². The fourth-order valence-electron chi connectivity index (χ4n) is 1.55. The number of aromatic nitrogens is 1. The smallest absolute Gasteiger partial charge is 0.258 e. The van der Waals surface area contributed by atoms with Gasteiger partial charge in [0.15, 0.2) is 5.03 Å². The summed E-state index contributed by atoms with van der Waals surface area (Å²) in [7, 11) is 1.21. The zero-order chi connectivity index (χ0) is 15.0. The normalized spacial score (nSPS) is 13.3. The Kier molecular flexibility index (Phi) is 7.03. The minimum absolute atomic E-state index is 0.00961. The molecule has 0 aliphatic heterocycles. The molecule has 20 heavy (non-hydrogen) atoms. The van der Waals surface area contributed by atoms with Crippen LogP contribution >= 0.6 is 0 Å². The van der Waals surface area contributed by atoms with Crippen molar-refractivity contribution in [3.8, 4) is 0 Å². The monoisotopic (exact) mass is 303 g/mol. The molecule has 0 radical (unpaired) electrons. The molecule has 1 aromatic rings. The Hall–Kier alpha value is -1.06. The number of nitrogens with zero attached hydrogens (tertiary/aromatic N) is 1. The van der Waals surface area contributed by atoms with Crippen molar-refractivity contribution in [1.82, 2.24) is 15.0 Å². The van der Waals surface area contributed by atoms with Gasteiger partial charge in [0.25, 0.3) is 10.0 Å². The first-order valence-corrected chi connectivity index (χ1v) is 7.62. The fraction of sp³-hybridized carbons (Fsp3) is 0.583. The maximum atomic E-state index is 12.0. The highest BCUT2D eigenvalue weighted by Crippen LogP contribution is 2.06. The third-order valence-electron chi connectivity index (χ3n) is 2.64. The summed E-state index contributed by atoms with van der Waals surface area (Å²) in [4.78, 5) is 3.96. The molecule has 1 unspecified atom stereocenters. The molecule has 0 aromatic carbocycles. The Balaban J connectivity index is 2.68. The van der Waals surface area contributed by atoms with E-state index in [9.17, 15) is 8.42 Å². The number of rotatable bonds is 9. The van der Waals surface area contributed by atoms with E-state index >= 15 is 0 Å². The lowest BCUT2D eigenvalue weighted by molar-refractivity contribution is 0.0320. The Morgan fingerprint density at radius 3 is 2.60 bits per heavy atom. The lowest BCUT2D eigenvalue weighted by Gasteiger charge is -2.15. The van der Waals surface area contributed by atoms with Gasteiger partial charge in [-0.25, -0.2) is 18.1 Å². The molecule has 0 bridgehead atoms. The van der Waals surface area contributed by atoms with E-state index < -0.39 is 10.0 Å². The van der Waals surface area contributed by atoms with Gasteiger partial charge in [-0.05, 0) is 18.7 Å². The van der Waals surface area contributed by atoms with Gasteiger partial charge in [0.1, 0.15) is 0 Å². The van der Waals surface area contributed by atoms with E-state index in [2.05, 4.69) is 15.0 Å². The van der Waals surface area contributed by atoms with Crippen molar-refractivity contribution in [1.29, 1.82) is 0 Å². The minimum Gasteiger partial charge on any atom is -0.382 e. The largest absolute Gasteiger partial charge is 0.382 e. The van der Waals surface area contributed by atoms with E-state index in [1.165, 1.54) is 26.5 Å². The number of pyridine rings is 1. The van der Waals surface area contributed by atoms with Crippen LogP contribution in [0.2, 0.25) is 0 Å². The zero-order valence-corrected chi connectivity index (χ0v) is 12.7. The number of methoxy groups -OCH3 is 2. The van der Waals surface area contributed by atoms with Crippen LogP contribution in [0.4, 0.5) is 0 Å². The third kappa shape index (κ3) is 5.14. The average molecular weight is 303 g/mol. The van der Waals surface area contributed by atoms with Crippen molar-refractivity contribution < 1.29 is 17.9 Å². The number of sulfonamides is 1. The molecule has 8 heteroatoms. The highest BCUT2D eigenvalue weighted by Gasteiger charge is 2.18. The Morgan fingerprint density at radius 2 is 2.10 bits per heavy atom. The van der Waals surface area contributed by atoms with Crippen molar-refractivity contribution in [2.45, 2.75) is 17.7 Å². The van der Waals surface area contributed by atoms with E-state index in [0.717, 1.165) is 5.56 Å². The maximum Gasteiger partial charge on any atom is 0.258 e. The fourth-order valence-corrected chi connectivity index (χ4v) is 2.54. The van der Waals surface area contributed by atoms with Crippen LogP contribution in [0.5, 0.6) is 0 Å². The summed E-state index contributed by atoms with van der Waals surface area (Å²) < 4.78 is 36.6. The summed E-state index contributed by atoms with van der Waals surface area (Å²) in [6.45, 7) is 1.08. The van der Waals surface area contributed by atoms with Gasteiger partial charge in [-0.3, -0.25) is 0 Å². The van der Waals surface area contributed by atoms with Gasteiger partial charge in [0, 0.05) is 33.5 Å². The van der Waals surface area contributed by atoms with Crippen LogP contribution in [0.1, 0.15) is 5.56 Å². The van der Waals surface area contributed by atoms with Crippen molar-refractivity contribution in [3.05, 3.63) is 23.9 Å². The van der Waals surface area contributed by atoms with E-state index in [4.69, 9.17) is 9.47 Å². The summed E-state index contributed by atoms with van der Waals surface area (Å²) in [6.07, 6.45) is 1.20. The van der Waals surface area contributed by atoms with Gasteiger partial charge in [-0.2, -0.15) is 0 Å². The molecular weight excluding hydrogens is 282 g/mol. The number of hydrogen-bond donors (Lipinski definition) is 2. The summed E-state index contributed by atoms with van der Waals surface area (Å²) in [5.74, 6) is 0. The predicted octanol–water partition coefficient (Wildman–Crippen LogP) is -0.259. The van der Waals surface area contributed by atoms with E-state index in [1.807, 2.05) is 7.05 Å². The van der Waals surface area contributed by atoms with E-state index in [1.54, 1.807) is 6.07 Å². The van der Waals surface area contributed by atoms with Crippen LogP contribution in [-0.4, -0.2) is 53.9 Å². The first kappa shape index (κ1) is 17.0. The third-order valence-corrected chi connectivity index (χ3v) is 3.98. The quantitative estimate of drug-likeness (QED) is 0.653. The van der Waals surface area contributed by atoms with Crippen LogP contribution in [-0.2, 0) is 26.0 Å². The Morgan fingerprint density at radius 1 is 1.35 bits per heavy atom. The first-order chi connectivity index (χ1) is 9.53. The minimum atomic E-state index is -3.63. The van der Waals surface area contributed by atoms with Crippen molar-refractivity contribution in [3.63, 3.8) is 0 Å². The van der Waals surface area contributed by atoms with Crippen LogP contribution in [0.25, 0.3) is 0 Å². The van der Waals surface area contributed by atoms with Crippen LogP contribution in [0, 0.1) is 0 Å². The molecule has 1 heterocycles. The standard InChI is InChI=1S/C12H21N3O4S/c1-13-6-10-4-5-12(14-7-10)20(16,17)15-8-11(19-3)9-18-2/h4-5,7,11,13,15H,6,8-9H2,1-3H3. The number of ether oxygens (including phenoxy) is 2. The molecule has 114 valence electrons.